The van der Waals surface area contributed by atoms with Gasteiger partial charge in [0, 0.05) is 18.8 Å². The number of benzene rings is 1. The molecule has 0 aliphatic carbocycles. The molecule has 1 aromatic rings. The smallest absolute Gasteiger partial charge is 0.241 e. The predicted molar refractivity (Wildman–Crippen MR) is 109 cm³/mol. The molecule has 0 radical (unpaired) electrons. The number of piperidine rings is 2. The molecule has 2 fully saturated rings. The summed E-state index contributed by atoms with van der Waals surface area (Å²) in [6, 6.07) is 8.32. The van der Waals surface area contributed by atoms with Crippen LogP contribution in [0.3, 0.4) is 0 Å². The summed E-state index contributed by atoms with van der Waals surface area (Å²) in [5, 5.41) is 6.32. The van der Waals surface area contributed by atoms with Gasteiger partial charge in [-0.1, -0.05) is 25.5 Å². The van der Waals surface area contributed by atoms with Gasteiger partial charge >= 0.3 is 0 Å². The predicted octanol–water partition coefficient (Wildman–Crippen LogP) is 3.84. The Morgan fingerprint density at radius 1 is 1.16 bits per heavy atom. The van der Waals surface area contributed by atoms with E-state index in [0.29, 0.717) is 0 Å². The molecule has 1 amide bonds. The maximum absolute atomic E-state index is 12.2. The number of halogens is 2. The second kappa shape index (κ2) is 11.0. The van der Waals surface area contributed by atoms with E-state index in [1.807, 2.05) is 12.1 Å². The molecule has 142 valence electrons. The van der Waals surface area contributed by atoms with E-state index < -0.39 is 0 Å². The van der Waals surface area contributed by atoms with Crippen molar-refractivity contribution in [2.75, 3.05) is 25.0 Å². The number of hydrogen-bond acceptors (Lipinski definition) is 3. The van der Waals surface area contributed by atoms with Gasteiger partial charge in [-0.05, 0) is 62.4 Å². The van der Waals surface area contributed by atoms with Crippen LogP contribution in [0.25, 0.3) is 0 Å². The van der Waals surface area contributed by atoms with E-state index in [-0.39, 0.29) is 36.8 Å². The summed E-state index contributed by atoms with van der Waals surface area (Å²) in [6.45, 7) is 6.71. The second-order valence-corrected chi connectivity index (χ2v) is 7.17. The number of anilines is 1. The van der Waals surface area contributed by atoms with E-state index in [1.54, 1.807) is 0 Å². The van der Waals surface area contributed by atoms with Crippen molar-refractivity contribution in [1.29, 1.82) is 0 Å². The van der Waals surface area contributed by atoms with E-state index in [1.165, 1.54) is 37.9 Å². The van der Waals surface area contributed by atoms with Crippen LogP contribution in [0.1, 0.15) is 44.6 Å². The quantitative estimate of drug-likeness (QED) is 0.824. The molecule has 0 saturated carbocycles. The average Bonchev–Trinajstić information content (AvgIpc) is 2.57. The van der Waals surface area contributed by atoms with E-state index >= 15 is 0 Å². The van der Waals surface area contributed by atoms with Crippen molar-refractivity contribution in [1.82, 2.24) is 10.2 Å². The Hall–Kier alpha value is -0.810. The van der Waals surface area contributed by atoms with Gasteiger partial charge in [-0.25, -0.2) is 0 Å². The Balaban J connectivity index is 0.00000156. The standard InChI is InChI=1S/C19H29N3O.2ClH/c1-15-5-4-12-22(13-15)14-16-7-9-17(10-8-16)21-19(23)18-6-2-3-11-20-18;;/h7-10,15,18,20H,2-6,11-14H2,1H3,(H,21,23);2*1H/t15?,18-;;/m1../s1. The van der Waals surface area contributed by atoms with Crippen molar-refractivity contribution >= 4 is 36.4 Å². The molecule has 1 unspecified atom stereocenters. The Morgan fingerprint density at radius 3 is 2.56 bits per heavy atom. The molecular weight excluding hydrogens is 357 g/mol. The first-order chi connectivity index (χ1) is 11.2. The van der Waals surface area contributed by atoms with Crippen molar-refractivity contribution in [2.45, 2.75) is 51.6 Å². The number of carbonyl (C=O) groups excluding carboxylic acids is 1. The molecule has 2 N–H and O–H groups in total. The highest BCUT2D eigenvalue weighted by Gasteiger charge is 2.20. The van der Waals surface area contributed by atoms with Crippen molar-refractivity contribution in [3.05, 3.63) is 29.8 Å². The fourth-order valence-electron chi connectivity index (χ4n) is 3.69. The molecule has 2 aliphatic heterocycles. The van der Waals surface area contributed by atoms with Crippen molar-refractivity contribution in [3.63, 3.8) is 0 Å². The topological polar surface area (TPSA) is 44.4 Å². The summed E-state index contributed by atoms with van der Waals surface area (Å²) in [5.74, 6) is 0.910. The maximum Gasteiger partial charge on any atom is 0.241 e. The molecule has 2 atom stereocenters. The summed E-state index contributed by atoms with van der Waals surface area (Å²) in [7, 11) is 0. The van der Waals surface area contributed by atoms with Crippen LogP contribution < -0.4 is 10.6 Å². The van der Waals surface area contributed by atoms with Crippen LogP contribution in [0, 0.1) is 5.92 Å². The molecule has 2 saturated heterocycles. The Kier molecular flexibility index (Phi) is 9.80. The highest BCUT2D eigenvalue weighted by atomic mass is 35.5. The number of hydrogen-bond donors (Lipinski definition) is 2. The number of nitrogens with one attached hydrogen (secondary N) is 2. The third kappa shape index (κ3) is 6.78. The first-order valence-corrected chi connectivity index (χ1v) is 9.06. The molecule has 0 bridgehead atoms. The summed E-state index contributed by atoms with van der Waals surface area (Å²) >= 11 is 0. The third-order valence-electron chi connectivity index (χ3n) is 5.00. The van der Waals surface area contributed by atoms with Crippen LogP contribution in [0.5, 0.6) is 0 Å². The van der Waals surface area contributed by atoms with Crippen molar-refractivity contribution < 1.29 is 4.79 Å². The number of amides is 1. The molecule has 25 heavy (non-hydrogen) atoms. The van der Waals surface area contributed by atoms with Crippen LogP contribution in [0.15, 0.2) is 24.3 Å². The molecule has 1 aromatic carbocycles. The summed E-state index contributed by atoms with van der Waals surface area (Å²) in [5.41, 5.74) is 2.23. The molecule has 2 heterocycles. The van der Waals surface area contributed by atoms with Crippen LogP contribution in [-0.4, -0.2) is 36.5 Å². The van der Waals surface area contributed by atoms with Gasteiger partial charge in [-0.3, -0.25) is 9.69 Å². The maximum atomic E-state index is 12.2. The fraction of sp³-hybridized carbons (Fsp3) is 0.632. The molecule has 6 heteroatoms. The molecule has 2 aliphatic rings. The Bertz CT molecular complexity index is 518. The zero-order chi connectivity index (χ0) is 16.1. The van der Waals surface area contributed by atoms with Crippen molar-refractivity contribution in [2.24, 2.45) is 5.92 Å². The van der Waals surface area contributed by atoms with E-state index in [2.05, 4.69) is 34.6 Å². The van der Waals surface area contributed by atoms with E-state index in [4.69, 9.17) is 0 Å². The minimum Gasteiger partial charge on any atom is -0.325 e. The summed E-state index contributed by atoms with van der Waals surface area (Å²) < 4.78 is 0. The van der Waals surface area contributed by atoms with Crippen molar-refractivity contribution in [3.8, 4) is 0 Å². The van der Waals surface area contributed by atoms with Crippen LogP contribution in [0.4, 0.5) is 5.69 Å². The summed E-state index contributed by atoms with van der Waals surface area (Å²) in [6.07, 6.45) is 5.92. The van der Waals surface area contributed by atoms with Gasteiger partial charge in [0.15, 0.2) is 0 Å². The van der Waals surface area contributed by atoms with Crippen LogP contribution in [0.2, 0.25) is 0 Å². The van der Waals surface area contributed by atoms with Gasteiger partial charge < -0.3 is 10.6 Å². The fourth-order valence-corrected chi connectivity index (χ4v) is 3.69. The van der Waals surface area contributed by atoms with Gasteiger partial charge in [-0.15, -0.1) is 24.8 Å². The lowest BCUT2D eigenvalue weighted by Crippen LogP contribution is -2.43. The van der Waals surface area contributed by atoms with Gasteiger partial charge in [0.1, 0.15) is 0 Å². The number of likely N-dealkylation sites (tertiary alicyclic amines) is 1. The molecular formula is C19H31Cl2N3O. The zero-order valence-electron chi connectivity index (χ0n) is 15.0. The normalized spacial score (nSPS) is 23.9. The largest absolute Gasteiger partial charge is 0.325 e. The van der Waals surface area contributed by atoms with Crippen LogP contribution >= 0.6 is 24.8 Å². The van der Waals surface area contributed by atoms with Gasteiger partial charge in [0.25, 0.3) is 0 Å². The van der Waals surface area contributed by atoms with E-state index in [0.717, 1.165) is 37.5 Å². The Labute approximate surface area is 163 Å². The first kappa shape index (κ1) is 22.2. The average molecular weight is 388 g/mol. The monoisotopic (exact) mass is 387 g/mol. The lowest BCUT2D eigenvalue weighted by atomic mass is 10.00. The number of rotatable bonds is 4. The SMILES string of the molecule is CC1CCCN(Cc2ccc(NC(=O)[C@H]3CCCCN3)cc2)C1.Cl.Cl. The highest BCUT2D eigenvalue weighted by Crippen LogP contribution is 2.19. The third-order valence-corrected chi connectivity index (χ3v) is 5.00. The molecule has 3 rings (SSSR count). The highest BCUT2D eigenvalue weighted by molar-refractivity contribution is 5.94. The van der Waals surface area contributed by atoms with Gasteiger partial charge in [0.05, 0.1) is 6.04 Å². The van der Waals surface area contributed by atoms with Crippen LogP contribution in [-0.2, 0) is 11.3 Å². The first-order valence-electron chi connectivity index (χ1n) is 9.06. The number of carbonyl (C=O) groups is 1. The minimum absolute atomic E-state index is 0. The van der Waals surface area contributed by atoms with E-state index in [9.17, 15) is 4.79 Å². The number of nitrogens with zero attached hydrogens (tertiary/aromatic N) is 1. The summed E-state index contributed by atoms with van der Waals surface area (Å²) in [4.78, 5) is 14.8. The lowest BCUT2D eigenvalue weighted by molar-refractivity contribution is -0.118. The molecule has 0 spiro atoms. The lowest BCUT2D eigenvalue weighted by Gasteiger charge is -2.30. The van der Waals surface area contributed by atoms with Gasteiger partial charge in [0.2, 0.25) is 5.91 Å². The minimum atomic E-state index is -0.0294. The second-order valence-electron chi connectivity index (χ2n) is 7.17. The zero-order valence-corrected chi connectivity index (χ0v) is 16.6. The molecule has 4 nitrogen and oxygen atoms in total. The molecule has 0 aromatic heterocycles. The Morgan fingerprint density at radius 2 is 1.92 bits per heavy atom. The van der Waals surface area contributed by atoms with Gasteiger partial charge in [-0.2, -0.15) is 0 Å².